The molecule has 4 nitrogen and oxygen atoms in total. The van der Waals surface area contributed by atoms with E-state index in [0.717, 1.165) is 0 Å². The van der Waals surface area contributed by atoms with Crippen molar-refractivity contribution in [3.63, 3.8) is 0 Å². The Hall–Kier alpha value is -0.970. The number of rotatable bonds is 1. The number of amides is 1. The zero-order valence-electron chi connectivity index (χ0n) is 6.86. The van der Waals surface area contributed by atoms with Crippen molar-refractivity contribution in [3.05, 3.63) is 11.1 Å². The first kappa shape index (κ1) is 9.12. The molecule has 0 aromatic heterocycles. The molecule has 0 spiro atoms. The summed E-state index contributed by atoms with van der Waals surface area (Å²) in [5, 5.41) is 0.645. The average molecular weight is 187 g/mol. The Morgan fingerprint density at radius 1 is 1.75 bits per heavy atom. The molecule has 0 unspecified atom stereocenters. The van der Waals surface area contributed by atoms with Gasteiger partial charge in [0.15, 0.2) is 0 Å². The van der Waals surface area contributed by atoms with Crippen molar-refractivity contribution in [3.8, 4) is 0 Å². The van der Waals surface area contributed by atoms with Crippen LogP contribution in [-0.4, -0.2) is 36.7 Å². The zero-order chi connectivity index (χ0) is 9.14. The lowest BCUT2D eigenvalue weighted by Gasteiger charge is -2.07. The summed E-state index contributed by atoms with van der Waals surface area (Å²) in [6.45, 7) is 0. The van der Waals surface area contributed by atoms with Gasteiger partial charge in [-0.05, 0) is 0 Å². The maximum atomic E-state index is 11.0. The molecule has 1 saturated heterocycles. The first-order valence-electron chi connectivity index (χ1n) is 3.34. The quantitative estimate of drug-likeness (QED) is 0.435. The molecule has 12 heavy (non-hydrogen) atoms. The molecule has 5 heteroatoms. The van der Waals surface area contributed by atoms with Gasteiger partial charge in [-0.25, -0.2) is 4.79 Å². The van der Waals surface area contributed by atoms with Gasteiger partial charge in [0.05, 0.1) is 24.0 Å². The number of thioether (sulfide) groups is 1. The standard InChI is InChI=1S/C7H9NO3S/c1-8-5(9)4-12-6(8)3-7(10)11-2/h3H,4H2,1-2H3. The summed E-state index contributed by atoms with van der Waals surface area (Å²) < 4.78 is 4.43. The second kappa shape index (κ2) is 3.62. The summed E-state index contributed by atoms with van der Waals surface area (Å²) in [6.07, 6.45) is 1.32. The summed E-state index contributed by atoms with van der Waals surface area (Å²) in [7, 11) is 2.94. The summed E-state index contributed by atoms with van der Waals surface area (Å²) in [6, 6.07) is 0. The number of hydrogen-bond acceptors (Lipinski definition) is 4. The van der Waals surface area contributed by atoms with Gasteiger partial charge < -0.3 is 9.64 Å². The lowest BCUT2D eigenvalue weighted by molar-refractivity contribution is -0.134. The monoisotopic (exact) mass is 187 g/mol. The molecule has 0 radical (unpaired) electrons. The van der Waals surface area contributed by atoms with Crippen molar-refractivity contribution in [2.45, 2.75) is 0 Å². The van der Waals surface area contributed by atoms with Crippen LogP contribution >= 0.6 is 11.8 Å². The highest BCUT2D eigenvalue weighted by Gasteiger charge is 2.23. The number of carbonyl (C=O) groups is 2. The minimum Gasteiger partial charge on any atom is -0.466 e. The predicted molar refractivity (Wildman–Crippen MR) is 45.3 cm³/mol. The molecule has 1 heterocycles. The van der Waals surface area contributed by atoms with Crippen LogP contribution in [-0.2, 0) is 14.3 Å². The summed E-state index contributed by atoms with van der Waals surface area (Å²) in [5.74, 6) is -0.0199. The summed E-state index contributed by atoms with van der Waals surface area (Å²) in [5.41, 5.74) is 0. The van der Waals surface area contributed by atoms with E-state index in [1.54, 1.807) is 7.05 Å². The lowest BCUT2D eigenvalue weighted by Crippen LogP contribution is -2.19. The van der Waals surface area contributed by atoms with Crippen LogP contribution in [0.25, 0.3) is 0 Å². The maximum Gasteiger partial charge on any atom is 0.333 e. The Morgan fingerprint density at radius 3 is 2.83 bits per heavy atom. The SMILES string of the molecule is COC(=O)C=C1SCC(=O)N1C. The van der Waals surface area contributed by atoms with Crippen molar-refractivity contribution in [2.75, 3.05) is 19.9 Å². The van der Waals surface area contributed by atoms with Crippen molar-refractivity contribution in [1.82, 2.24) is 4.90 Å². The van der Waals surface area contributed by atoms with Crippen LogP contribution in [0.4, 0.5) is 0 Å². The van der Waals surface area contributed by atoms with E-state index in [2.05, 4.69) is 4.74 Å². The van der Waals surface area contributed by atoms with E-state index < -0.39 is 5.97 Å². The van der Waals surface area contributed by atoms with Gasteiger partial charge in [-0.3, -0.25) is 4.79 Å². The van der Waals surface area contributed by atoms with Gasteiger partial charge in [0.25, 0.3) is 0 Å². The number of hydrogen-bond donors (Lipinski definition) is 0. The number of carbonyl (C=O) groups excluding carboxylic acids is 2. The Bertz CT molecular complexity index is 249. The van der Waals surface area contributed by atoms with Gasteiger partial charge in [-0.15, -0.1) is 0 Å². The molecular formula is C7H9NO3S. The normalized spacial score (nSPS) is 20.3. The third-order valence-electron chi connectivity index (χ3n) is 1.49. The third kappa shape index (κ3) is 1.79. The van der Waals surface area contributed by atoms with Gasteiger partial charge >= 0.3 is 5.97 Å². The Labute approximate surface area is 74.6 Å². The van der Waals surface area contributed by atoms with E-state index in [4.69, 9.17) is 0 Å². The van der Waals surface area contributed by atoms with Crippen molar-refractivity contribution < 1.29 is 14.3 Å². The molecule has 0 saturated carbocycles. The van der Waals surface area contributed by atoms with Crippen molar-refractivity contribution in [1.29, 1.82) is 0 Å². The molecule has 1 fully saturated rings. The molecule has 66 valence electrons. The average Bonchev–Trinajstić information content (AvgIpc) is 2.36. The Kier molecular flexibility index (Phi) is 2.75. The first-order valence-corrected chi connectivity index (χ1v) is 4.32. The second-order valence-electron chi connectivity index (χ2n) is 2.25. The summed E-state index contributed by atoms with van der Waals surface area (Å²) in [4.78, 5) is 23.2. The third-order valence-corrected chi connectivity index (χ3v) is 2.57. The molecule has 0 atom stereocenters. The lowest BCUT2D eigenvalue weighted by atomic mass is 10.5. The fraction of sp³-hybridized carbons (Fsp3) is 0.429. The van der Waals surface area contributed by atoms with Crippen LogP contribution in [0.3, 0.4) is 0 Å². The topological polar surface area (TPSA) is 46.6 Å². The Morgan fingerprint density at radius 2 is 2.42 bits per heavy atom. The van der Waals surface area contributed by atoms with Crippen LogP contribution in [0, 0.1) is 0 Å². The molecule has 1 aliphatic heterocycles. The molecule has 1 amide bonds. The molecule has 0 aliphatic carbocycles. The minimum absolute atomic E-state index is 0.00940. The van der Waals surface area contributed by atoms with E-state index in [1.165, 1.54) is 29.8 Å². The van der Waals surface area contributed by atoms with Gasteiger partial charge in [-0.1, -0.05) is 11.8 Å². The van der Waals surface area contributed by atoms with E-state index in [9.17, 15) is 9.59 Å². The van der Waals surface area contributed by atoms with Crippen LogP contribution in [0.5, 0.6) is 0 Å². The molecule has 1 rings (SSSR count). The van der Waals surface area contributed by atoms with Crippen LogP contribution in [0.15, 0.2) is 11.1 Å². The number of esters is 1. The van der Waals surface area contributed by atoms with E-state index in [0.29, 0.717) is 10.8 Å². The fourth-order valence-corrected chi connectivity index (χ4v) is 1.69. The first-order chi connectivity index (χ1) is 5.65. The molecule has 1 aliphatic rings. The maximum absolute atomic E-state index is 11.0. The van der Waals surface area contributed by atoms with E-state index in [-0.39, 0.29) is 5.91 Å². The minimum atomic E-state index is -0.431. The van der Waals surface area contributed by atoms with E-state index in [1.807, 2.05) is 0 Å². The molecule has 0 N–H and O–H groups in total. The van der Waals surface area contributed by atoms with Gasteiger partial charge in [0.2, 0.25) is 5.91 Å². The zero-order valence-corrected chi connectivity index (χ0v) is 7.68. The van der Waals surface area contributed by atoms with Gasteiger partial charge in [-0.2, -0.15) is 0 Å². The smallest absolute Gasteiger partial charge is 0.333 e. The molecule has 0 bridgehead atoms. The Balaban J connectivity index is 2.70. The largest absolute Gasteiger partial charge is 0.466 e. The molecule has 0 aromatic carbocycles. The number of ether oxygens (including phenoxy) is 1. The fourth-order valence-electron chi connectivity index (χ4n) is 0.750. The van der Waals surface area contributed by atoms with Crippen molar-refractivity contribution in [2.24, 2.45) is 0 Å². The second-order valence-corrected chi connectivity index (χ2v) is 3.24. The highest BCUT2D eigenvalue weighted by Crippen LogP contribution is 2.26. The van der Waals surface area contributed by atoms with Crippen LogP contribution in [0.1, 0.15) is 0 Å². The predicted octanol–water partition coefficient (Wildman–Crippen LogP) is 0.206. The van der Waals surface area contributed by atoms with Crippen LogP contribution < -0.4 is 0 Å². The van der Waals surface area contributed by atoms with Crippen molar-refractivity contribution >= 4 is 23.6 Å². The number of methoxy groups -OCH3 is 1. The van der Waals surface area contributed by atoms with E-state index >= 15 is 0 Å². The summed E-state index contributed by atoms with van der Waals surface area (Å²) >= 11 is 1.34. The van der Waals surface area contributed by atoms with Gasteiger partial charge in [0.1, 0.15) is 0 Å². The van der Waals surface area contributed by atoms with Crippen LogP contribution in [0.2, 0.25) is 0 Å². The highest BCUT2D eigenvalue weighted by molar-refractivity contribution is 8.04. The molecular weight excluding hydrogens is 178 g/mol. The van der Waals surface area contributed by atoms with Gasteiger partial charge in [0, 0.05) is 7.05 Å². The highest BCUT2D eigenvalue weighted by atomic mass is 32.2. The number of nitrogens with zero attached hydrogens (tertiary/aromatic N) is 1. The molecule has 0 aromatic rings.